The van der Waals surface area contributed by atoms with Gasteiger partial charge in [0.25, 0.3) is 0 Å². The molecule has 0 aliphatic carbocycles. The molecule has 170 valence electrons. The zero-order chi connectivity index (χ0) is 21.1. The first-order chi connectivity index (χ1) is 13.4. The van der Waals surface area contributed by atoms with E-state index in [-0.39, 0.29) is 0 Å². The molecule has 2 N–H and O–H groups in total. The van der Waals surface area contributed by atoms with Gasteiger partial charge < -0.3 is 10.2 Å². The van der Waals surface area contributed by atoms with Gasteiger partial charge in [-0.3, -0.25) is 0 Å². The minimum Gasteiger partial charge on any atom is -0.390 e. The van der Waals surface area contributed by atoms with Crippen LogP contribution in [-0.4, -0.2) is 21.4 Å². The Labute approximate surface area is 177 Å². The number of hydrogen-bond acceptors (Lipinski definition) is 2. The molecule has 0 bridgehead atoms. The molecule has 0 fully saturated rings. The second kappa shape index (κ2) is 17.8. The van der Waals surface area contributed by atoms with Crippen LogP contribution in [0, 0.1) is 0 Å². The van der Waals surface area contributed by atoms with E-state index < -0.39 is 11.2 Å². The van der Waals surface area contributed by atoms with E-state index in [1.165, 1.54) is 83.5 Å². The van der Waals surface area contributed by atoms with Crippen LogP contribution in [0.4, 0.5) is 0 Å². The highest BCUT2D eigenvalue weighted by atomic mass is 16.3. The van der Waals surface area contributed by atoms with Gasteiger partial charge in [0.15, 0.2) is 0 Å². The summed E-state index contributed by atoms with van der Waals surface area (Å²) in [5, 5.41) is 22.3. The third-order valence-corrected chi connectivity index (χ3v) is 6.27. The molecular formula is C26H54O2. The topological polar surface area (TPSA) is 40.5 Å². The van der Waals surface area contributed by atoms with Gasteiger partial charge in [-0.05, 0) is 26.2 Å². The summed E-state index contributed by atoms with van der Waals surface area (Å²) in [6, 6.07) is 0. The molecule has 0 radical (unpaired) electrons. The van der Waals surface area contributed by atoms with Crippen LogP contribution in [0.25, 0.3) is 0 Å². The van der Waals surface area contributed by atoms with Gasteiger partial charge >= 0.3 is 0 Å². The quantitative estimate of drug-likeness (QED) is 0.191. The Morgan fingerprint density at radius 3 is 1.21 bits per heavy atom. The molecule has 0 aromatic heterocycles. The van der Waals surface area contributed by atoms with Crippen LogP contribution < -0.4 is 0 Å². The highest BCUT2D eigenvalue weighted by molar-refractivity contribution is 4.88. The van der Waals surface area contributed by atoms with E-state index in [1.54, 1.807) is 0 Å². The van der Waals surface area contributed by atoms with E-state index >= 15 is 0 Å². The zero-order valence-electron chi connectivity index (χ0n) is 20.0. The fourth-order valence-electron chi connectivity index (χ4n) is 4.50. The van der Waals surface area contributed by atoms with E-state index in [0.29, 0.717) is 6.42 Å². The maximum absolute atomic E-state index is 11.4. The number of unbranched alkanes of at least 4 members (excludes halogenated alkanes) is 13. The van der Waals surface area contributed by atoms with Crippen LogP contribution in [0.15, 0.2) is 0 Å². The van der Waals surface area contributed by atoms with E-state index in [0.717, 1.165) is 38.5 Å². The number of hydrogen-bond donors (Lipinski definition) is 2. The Kier molecular flexibility index (Phi) is 17.7. The lowest BCUT2D eigenvalue weighted by atomic mass is 9.79. The van der Waals surface area contributed by atoms with Crippen LogP contribution in [-0.2, 0) is 0 Å². The second-order valence-electron chi connectivity index (χ2n) is 9.74. The Hall–Kier alpha value is -0.0800. The first-order valence-corrected chi connectivity index (χ1v) is 12.8. The van der Waals surface area contributed by atoms with Crippen LogP contribution in [0.5, 0.6) is 0 Å². The number of rotatable bonds is 21. The molecule has 0 aromatic rings. The molecule has 0 aliphatic rings. The van der Waals surface area contributed by atoms with Gasteiger partial charge in [0, 0.05) is 6.42 Å². The lowest BCUT2D eigenvalue weighted by Crippen LogP contribution is -2.40. The Morgan fingerprint density at radius 2 is 0.786 bits per heavy atom. The van der Waals surface area contributed by atoms with E-state index in [2.05, 4.69) is 20.8 Å². The highest BCUT2D eigenvalue weighted by Gasteiger charge is 2.34. The molecule has 0 saturated carbocycles. The van der Waals surface area contributed by atoms with Gasteiger partial charge in [0.1, 0.15) is 0 Å². The molecular weight excluding hydrogens is 344 g/mol. The molecule has 0 amide bonds. The van der Waals surface area contributed by atoms with Gasteiger partial charge in [-0.15, -0.1) is 0 Å². The molecule has 0 aromatic carbocycles. The summed E-state index contributed by atoms with van der Waals surface area (Å²) >= 11 is 0. The molecule has 2 atom stereocenters. The van der Waals surface area contributed by atoms with E-state index in [9.17, 15) is 10.2 Å². The van der Waals surface area contributed by atoms with Gasteiger partial charge in [0.2, 0.25) is 0 Å². The van der Waals surface area contributed by atoms with Crippen molar-refractivity contribution >= 4 is 0 Å². The molecule has 0 rings (SSSR count). The summed E-state index contributed by atoms with van der Waals surface area (Å²) in [5.74, 6) is 0. The zero-order valence-corrected chi connectivity index (χ0v) is 20.0. The third kappa shape index (κ3) is 16.8. The van der Waals surface area contributed by atoms with Crippen molar-refractivity contribution in [2.24, 2.45) is 0 Å². The summed E-state index contributed by atoms with van der Waals surface area (Å²) in [7, 11) is 0. The van der Waals surface area contributed by atoms with Crippen molar-refractivity contribution in [3.05, 3.63) is 0 Å². The largest absolute Gasteiger partial charge is 0.390 e. The molecule has 28 heavy (non-hydrogen) atoms. The minimum atomic E-state index is -0.730. The highest BCUT2D eigenvalue weighted by Crippen LogP contribution is 2.33. The SMILES string of the molecule is CCCCCCCCC(C)(O)CC(O)(CCCCCC)CCCCCCCC. The maximum Gasteiger partial charge on any atom is 0.0675 e. The normalized spacial score (nSPS) is 16.1. The van der Waals surface area contributed by atoms with E-state index in [4.69, 9.17) is 0 Å². The van der Waals surface area contributed by atoms with Gasteiger partial charge in [-0.25, -0.2) is 0 Å². The van der Waals surface area contributed by atoms with Crippen LogP contribution >= 0.6 is 0 Å². The van der Waals surface area contributed by atoms with Gasteiger partial charge in [-0.1, -0.05) is 124 Å². The minimum absolute atomic E-state index is 0.552. The maximum atomic E-state index is 11.4. The molecule has 2 nitrogen and oxygen atoms in total. The second-order valence-corrected chi connectivity index (χ2v) is 9.74. The molecule has 0 heterocycles. The van der Waals surface area contributed by atoms with Crippen molar-refractivity contribution in [1.82, 2.24) is 0 Å². The molecule has 2 unspecified atom stereocenters. The number of aliphatic hydroxyl groups is 2. The van der Waals surface area contributed by atoms with E-state index in [1.807, 2.05) is 6.92 Å². The van der Waals surface area contributed by atoms with Crippen molar-refractivity contribution in [2.75, 3.05) is 0 Å². The molecule has 0 aliphatic heterocycles. The Balaban J connectivity index is 4.40. The van der Waals surface area contributed by atoms with Crippen LogP contribution in [0.3, 0.4) is 0 Å². The first kappa shape index (κ1) is 27.9. The van der Waals surface area contributed by atoms with Crippen molar-refractivity contribution in [3.63, 3.8) is 0 Å². The molecule has 0 saturated heterocycles. The Morgan fingerprint density at radius 1 is 0.464 bits per heavy atom. The first-order valence-electron chi connectivity index (χ1n) is 12.8. The van der Waals surface area contributed by atoms with Crippen LogP contribution in [0.1, 0.15) is 156 Å². The van der Waals surface area contributed by atoms with Gasteiger partial charge in [-0.2, -0.15) is 0 Å². The van der Waals surface area contributed by atoms with Crippen LogP contribution in [0.2, 0.25) is 0 Å². The summed E-state index contributed by atoms with van der Waals surface area (Å²) in [6.45, 7) is 8.68. The fourth-order valence-corrected chi connectivity index (χ4v) is 4.50. The lowest BCUT2D eigenvalue weighted by molar-refractivity contribution is -0.0706. The predicted molar refractivity (Wildman–Crippen MR) is 125 cm³/mol. The van der Waals surface area contributed by atoms with Gasteiger partial charge in [0.05, 0.1) is 11.2 Å². The predicted octanol–water partition coefficient (Wildman–Crippen LogP) is 8.33. The third-order valence-electron chi connectivity index (χ3n) is 6.27. The standard InChI is InChI=1S/C26H54O2/c1-5-8-11-14-16-18-21-25(4,27)24-26(28,22-19-13-10-7-3)23-20-17-15-12-9-6-2/h27-28H,5-24H2,1-4H3. The summed E-state index contributed by atoms with van der Waals surface area (Å²) in [5.41, 5.74) is -1.41. The van der Waals surface area contributed by atoms with Crippen molar-refractivity contribution in [3.8, 4) is 0 Å². The van der Waals surface area contributed by atoms with Crippen molar-refractivity contribution in [1.29, 1.82) is 0 Å². The van der Waals surface area contributed by atoms with Crippen molar-refractivity contribution < 1.29 is 10.2 Å². The summed E-state index contributed by atoms with van der Waals surface area (Å²) in [6.07, 6.45) is 22.9. The monoisotopic (exact) mass is 398 g/mol. The summed E-state index contributed by atoms with van der Waals surface area (Å²) < 4.78 is 0. The average Bonchev–Trinajstić information content (AvgIpc) is 2.64. The molecule has 2 heteroatoms. The smallest absolute Gasteiger partial charge is 0.0675 e. The molecule has 0 spiro atoms. The Bertz CT molecular complexity index is 326. The van der Waals surface area contributed by atoms with Crippen molar-refractivity contribution in [2.45, 2.75) is 167 Å². The average molecular weight is 399 g/mol. The summed E-state index contributed by atoms with van der Waals surface area (Å²) in [4.78, 5) is 0. The lowest BCUT2D eigenvalue weighted by Gasteiger charge is -2.36. The fraction of sp³-hybridized carbons (Fsp3) is 1.00.